The highest BCUT2D eigenvalue weighted by molar-refractivity contribution is 5.84. The number of likely N-dealkylation sites (tertiary alicyclic amines) is 1. The summed E-state index contributed by atoms with van der Waals surface area (Å²) < 4.78 is 0. The van der Waals surface area contributed by atoms with E-state index in [-0.39, 0.29) is 11.8 Å². The number of nitrogens with one attached hydrogen (secondary N) is 2. The summed E-state index contributed by atoms with van der Waals surface area (Å²) in [6.07, 6.45) is 5.46. The van der Waals surface area contributed by atoms with Crippen molar-refractivity contribution < 1.29 is 4.79 Å². The van der Waals surface area contributed by atoms with Gasteiger partial charge in [-0.1, -0.05) is 30.3 Å². The highest BCUT2D eigenvalue weighted by atomic mass is 16.2. The number of amides is 1. The van der Waals surface area contributed by atoms with Crippen molar-refractivity contribution in [2.24, 2.45) is 0 Å². The van der Waals surface area contributed by atoms with E-state index in [0.29, 0.717) is 6.42 Å². The maximum Gasteiger partial charge on any atom is 0.222 e. The number of carbonyl (C=O) groups excluding carboxylic acids is 1. The Balaban J connectivity index is 1.26. The molecule has 3 heterocycles. The van der Waals surface area contributed by atoms with E-state index in [0.717, 1.165) is 54.7 Å². The smallest absolute Gasteiger partial charge is 0.222 e. The molecular weight excluding hydrogens is 348 g/mol. The predicted octanol–water partition coefficient (Wildman–Crippen LogP) is 4.38. The third-order valence-electron chi connectivity index (χ3n) is 5.85. The molecule has 0 spiro atoms. The number of fused-ring (bicyclic) bond motifs is 2. The third-order valence-corrected chi connectivity index (χ3v) is 5.85. The van der Waals surface area contributed by atoms with Crippen LogP contribution in [-0.4, -0.2) is 38.8 Å². The summed E-state index contributed by atoms with van der Waals surface area (Å²) >= 11 is 0. The second-order valence-corrected chi connectivity index (χ2v) is 7.68. The number of imidazole rings is 1. The monoisotopic (exact) mass is 372 g/mol. The van der Waals surface area contributed by atoms with Gasteiger partial charge in [-0.05, 0) is 43.0 Å². The quantitative estimate of drug-likeness (QED) is 0.558. The average Bonchev–Trinajstić information content (AvgIpc) is 3.36. The number of para-hydroxylation sites is 3. The van der Waals surface area contributed by atoms with Crippen molar-refractivity contribution in [2.45, 2.75) is 31.6 Å². The van der Waals surface area contributed by atoms with E-state index in [1.165, 1.54) is 10.9 Å². The maximum absolute atomic E-state index is 12.9. The van der Waals surface area contributed by atoms with Gasteiger partial charge in [-0.3, -0.25) is 4.79 Å². The van der Waals surface area contributed by atoms with Gasteiger partial charge in [-0.25, -0.2) is 4.98 Å². The van der Waals surface area contributed by atoms with Gasteiger partial charge >= 0.3 is 0 Å². The average molecular weight is 372 g/mol. The van der Waals surface area contributed by atoms with Crippen molar-refractivity contribution in [3.8, 4) is 0 Å². The molecule has 1 atom stereocenters. The van der Waals surface area contributed by atoms with Gasteiger partial charge in [-0.2, -0.15) is 0 Å². The summed E-state index contributed by atoms with van der Waals surface area (Å²) in [4.78, 5) is 26.4. The minimum atomic E-state index is 0.242. The summed E-state index contributed by atoms with van der Waals surface area (Å²) in [6, 6.07) is 16.4. The van der Waals surface area contributed by atoms with Crippen LogP contribution < -0.4 is 0 Å². The van der Waals surface area contributed by atoms with Gasteiger partial charge in [0.2, 0.25) is 5.91 Å². The van der Waals surface area contributed by atoms with Crippen LogP contribution in [0.5, 0.6) is 0 Å². The molecule has 1 fully saturated rings. The Labute approximate surface area is 163 Å². The first kappa shape index (κ1) is 17.0. The van der Waals surface area contributed by atoms with Crippen molar-refractivity contribution in [3.05, 3.63) is 66.1 Å². The molecule has 0 unspecified atom stereocenters. The van der Waals surface area contributed by atoms with Gasteiger partial charge in [0.05, 0.1) is 11.0 Å². The molecular formula is C23H24N4O. The fourth-order valence-electron chi connectivity index (χ4n) is 4.33. The minimum absolute atomic E-state index is 0.242. The Bertz CT molecular complexity index is 1090. The Hall–Kier alpha value is -3.08. The van der Waals surface area contributed by atoms with Crippen molar-refractivity contribution in [2.75, 3.05) is 13.1 Å². The standard InChI is InChI=1S/C23H24N4O/c28-22(12-11-16-14-24-19-8-2-1-7-18(16)19)27-13-5-6-17(15-27)23-25-20-9-3-4-10-21(20)26-23/h1-4,7-10,14,17,24H,5-6,11-13,15H2,(H,25,26)/t17-/m1/s1. The van der Waals surface area contributed by atoms with Gasteiger partial charge in [0.1, 0.15) is 5.82 Å². The molecule has 5 heteroatoms. The van der Waals surface area contributed by atoms with E-state index in [4.69, 9.17) is 4.98 Å². The van der Waals surface area contributed by atoms with Gasteiger partial charge in [0, 0.05) is 42.5 Å². The van der Waals surface area contributed by atoms with Crippen LogP contribution in [-0.2, 0) is 11.2 Å². The highest BCUT2D eigenvalue weighted by Crippen LogP contribution is 2.27. The van der Waals surface area contributed by atoms with E-state index in [1.54, 1.807) is 0 Å². The molecule has 2 aromatic carbocycles. The van der Waals surface area contributed by atoms with Crippen molar-refractivity contribution in [1.82, 2.24) is 19.9 Å². The Kier molecular flexibility index (Phi) is 4.35. The van der Waals surface area contributed by atoms with Gasteiger partial charge in [0.25, 0.3) is 0 Å². The van der Waals surface area contributed by atoms with Crippen molar-refractivity contribution >= 4 is 27.8 Å². The zero-order valence-corrected chi connectivity index (χ0v) is 15.8. The van der Waals surface area contributed by atoms with Crippen LogP contribution in [0.2, 0.25) is 0 Å². The Morgan fingerprint density at radius 2 is 1.93 bits per heavy atom. The van der Waals surface area contributed by atoms with Gasteiger partial charge in [0.15, 0.2) is 0 Å². The van der Waals surface area contributed by atoms with Crippen LogP contribution in [0.3, 0.4) is 0 Å². The lowest BCUT2D eigenvalue weighted by atomic mass is 9.96. The number of carbonyl (C=O) groups is 1. The van der Waals surface area contributed by atoms with Gasteiger partial charge < -0.3 is 14.9 Å². The molecule has 0 bridgehead atoms. The fourth-order valence-corrected chi connectivity index (χ4v) is 4.33. The number of hydrogen-bond donors (Lipinski definition) is 2. The molecule has 1 aliphatic rings. The maximum atomic E-state index is 12.9. The van der Waals surface area contributed by atoms with Gasteiger partial charge in [-0.15, -0.1) is 0 Å². The lowest BCUT2D eigenvalue weighted by Gasteiger charge is -2.32. The molecule has 5 nitrogen and oxygen atoms in total. The Morgan fingerprint density at radius 3 is 2.82 bits per heavy atom. The molecule has 1 saturated heterocycles. The molecule has 0 saturated carbocycles. The molecule has 2 N–H and O–H groups in total. The van der Waals surface area contributed by atoms with E-state index in [2.05, 4.69) is 28.2 Å². The summed E-state index contributed by atoms with van der Waals surface area (Å²) in [5.41, 5.74) is 4.42. The van der Waals surface area contributed by atoms with Crippen molar-refractivity contribution in [3.63, 3.8) is 0 Å². The Morgan fingerprint density at radius 1 is 1.11 bits per heavy atom. The molecule has 28 heavy (non-hydrogen) atoms. The molecule has 142 valence electrons. The largest absolute Gasteiger partial charge is 0.361 e. The summed E-state index contributed by atoms with van der Waals surface area (Å²) in [7, 11) is 0. The van der Waals surface area contributed by atoms with Crippen LogP contribution in [0.15, 0.2) is 54.7 Å². The zero-order chi connectivity index (χ0) is 18.9. The minimum Gasteiger partial charge on any atom is -0.361 e. The normalized spacial score (nSPS) is 17.4. The lowest BCUT2D eigenvalue weighted by molar-refractivity contribution is -0.132. The molecule has 1 amide bonds. The number of aromatic nitrogens is 3. The molecule has 1 aliphatic heterocycles. The summed E-state index contributed by atoms with van der Waals surface area (Å²) in [5.74, 6) is 1.54. The van der Waals surface area contributed by atoms with Crippen LogP contribution in [0.4, 0.5) is 0 Å². The van der Waals surface area contributed by atoms with Crippen LogP contribution in [0.1, 0.15) is 36.6 Å². The third kappa shape index (κ3) is 3.17. The molecule has 0 aliphatic carbocycles. The van der Waals surface area contributed by atoms with E-state index in [9.17, 15) is 4.79 Å². The molecule has 0 radical (unpaired) electrons. The SMILES string of the molecule is O=C(CCc1c[nH]c2ccccc12)N1CCC[C@@H](c2nc3ccccc3[nH]2)C1. The highest BCUT2D eigenvalue weighted by Gasteiger charge is 2.26. The van der Waals surface area contributed by atoms with Crippen LogP contribution in [0, 0.1) is 0 Å². The second kappa shape index (κ2) is 7.15. The predicted molar refractivity (Wildman–Crippen MR) is 111 cm³/mol. The molecule has 5 rings (SSSR count). The summed E-state index contributed by atoms with van der Waals surface area (Å²) in [5, 5.41) is 1.22. The molecule has 4 aromatic rings. The topological polar surface area (TPSA) is 64.8 Å². The number of aryl methyl sites for hydroxylation is 1. The van der Waals surface area contributed by atoms with Crippen LogP contribution in [0.25, 0.3) is 21.9 Å². The van der Waals surface area contributed by atoms with Crippen molar-refractivity contribution in [1.29, 1.82) is 0 Å². The number of rotatable bonds is 4. The number of benzene rings is 2. The number of piperidine rings is 1. The van der Waals surface area contributed by atoms with Crippen LogP contribution >= 0.6 is 0 Å². The first-order valence-corrected chi connectivity index (χ1v) is 10.1. The molecule has 2 aromatic heterocycles. The van der Waals surface area contributed by atoms with E-state index in [1.807, 2.05) is 41.4 Å². The number of H-pyrrole nitrogens is 2. The van der Waals surface area contributed by atoms with E-state index < -0.39 is 0 Å². The fraction of sp³-hybridized carbons (Fsp3) is 0.304. The summed E-state index contributed by atoms with van der Waals surface area (Å²) in [6.45, 7) is 1.61. The number of aromatic amines is 2. The first-order chi connectivity index (χ1) is 13.8. The number of nitrogens with zero attached hydrogens (tertiary/aromatic N) is 2. The van der Waals surface area contributed by atoms with E-state index >= 15 is 0 Å². The lowest BCUT2D eigenvalue weighted by Crippen LogP contribution is -2.39. The second-order valence-electron chi connectivity index (χ2n) is 7.68. The number of hydrogen-bond acceptors (Lipinski definition) is 2. The zero-order valence-electron chi connectivity index (χ0n) is 15.8. The first-order valence-electron chi connectivity index (χ1n) is 10.1.